The Bertz CT molecular complexity index is 782. The first-order chi connectivity index (χ1) is 12.4. The maximum Gasteiger partial charge on any atom is 0.233 e. The van der Waals surface area contributed by atoms with Crippen LogP contribution in [0.15, 0.2) is 5.16 Å². The average molecular weight is 399 g/mol. The number of thioether (sulfide) groups is 1. The highest BCUT2D eigenvalue weighted by atomic mass is 32.2. The van der Waals surface area contributed by atoms with Crippen molar-refractivity contribution in [2.75, 3.05) is 17.3 Å². The Labute approximate surface area is 158 Å². The van der Waals surface area contributed by atoms with E-state index >= 15 is 0 Å². The van der Waals surface area contributed by atoms with Crippen LogP contribution in [0.5, 0.6) is 0 Å². The van der Waals surface area contributed by atoms with Crippen LogP contribution in [0.2, 0.25) is 0 Å². The molecule has 0 bridgehead atoms. The van der Waals surface area contributed by atoms with Gasteiger partial charge in [-0.05, 0) is 39.0 Å². The standard InChI is InChI=1S/C17H26N4O3S2/c1-12-18-19-17(20(12)14-6-7-14)25-10-16(22)21(13-4-2-3-5-13)15-8-9-26(23,24)11-15/h13-15H,2-11H2,1H3/t15-/m1/s1. The van der Waals surface area contributed by atoms with Crippen molar-refractivity contribution in [2.45, 2.75) is 75.2 Å². The third-order valence-electron chi connectivity index (χ3n) is 5.68. The highest BCUT2D eigenvalue weighted by Gasteiger charge is 2.39. The summed E-state index contributed by atoms with van der Waals surface area (Å²) in [6.45, 7) is 1.95. The van der Waals surface area contributed by atoms with Crippen molar-refractivity contribution in [3.63, 3.8) is 0 Å². The monoisotopic (exact) mass is 398 g/mol. The molecule has 1 aromatic heterocycles. The van der Waals surface area contributed by atoms with E-state index in [0.717, 1.165) is 49.5 Å². The predicted octanol–water partition coefficient (Wildman–Crippen LogP) is 1.97. The number of sulfone groups is 1. The van der Waals surface area contributed by atoms with E-state index in [-0.39, 0.29) is 29.5 Å². The molecule has 0 aromatic carbocycles. The highest BCUT2D eigenvalue weighted by molar-refractivity contribution is 7.99. The van der Waals surface area contributed by atoms with Gasteiger partial charge < -0.3 is 9.47 Å². The molecule has 1 atom stereocenters. The number of rotatable bonds is 6. The Morgan fingerprint density at radius 3 is 2.50 bits per heavy atom. The van der Waals surface area contributed by atoms with Gasteiger partial charge in [-0.15, -0.1) is 10.2 Å². The quantitative estimate of drug-likeness (QED) is 0.681. The lowest BCUT2D eigenvalue weighted by Gasteiger charge is -2.34. The number of hydrogen-bond donors (Lipinski definition) is 0. The summed E-state index contributed by atoms with van der Waals surface area (Å²) < 4.78 is 26.0. The number of nitrogens with zero attached hydrogens (tertiary/aromatic N) is 4. The summed E-state index contributed by atoms with van der Waals surface area (Å²) in [6, 6.07) is 0.525. The van der Waals surface area contributed by atoms with Crippen molar-refractivity contribution in [1.82, 2.24) is 19.7 Å². The lowest BCUT2D eigenvalue weighted by Crippen LogP contribution is -2.47. The van der Waals surface area contributed by atoms with Crippen molar-refractivity contribution < 1.29 is 13.2 Å². The number of hydrogen-bond acceptors (Lipinski definition) is 6. The molecular formula is C17H26N4O3S2. The van der Waals surface area contributed by atoms with Crippen molar-refractivity contribution in [3.05, 3.63) is 5.82 Å². The first kappa shape index (κ1) is 18.3. The van der Waals surface area contributed by atoms with Gasteiger partial charge in [0.1, 0.15) is 5.82 Å². The number of aryl methyl sites for hydroxylation is 1. The van der Waals surface area contributed by atoms with E-state index in [1.165, 1.54) is 11.8 Å². The zero-order valence-corrected chi connectivity index (χ0v) is 16.8. The largest absolute Gasteiger partial charge is 0.335 e. The zero-order valence-electron chi connectivity index (χ0n) is 15.1. The average Bonchev–Trinajstić information content (AvgIpc) is 2.99. The van der Waals surface area contributed by atoms with Gasteiger partial charge in [0.05, 0.1) is 17.3 Å². The van der Waals surface area contributed by atoms with Gasteiger partial charge in [-0.25, -0.2) is 8.42 Å². The normalized spacial score (nSPS) is 25.7. The molecule has 2 heterocycles. The van der Waals surface area contributed by atoms with Crippen LogP contribution < -0.4 is 0 Å². The molecule has 3 aliphatic rings. The summed E-state index contributed by atoms with van der Waals surface area (Å²) in [7, 11) is -3.00. The minimum Gasteiger partial charge on any atom is -0.335 e. The molecule has 1 amide bonds. The molecule has 3 fully saturated rings. The molecule has 26 heavy (non-hydrogen) atoms. The summed E-state index contributed by atoms with van der Waals surface area (Å²) in [6.07, 6.45) is 7.09. The second-order valence-electron chi connectivity index (χ2n) is 7.72. The van der Waals surface area contributed by atoms with E-state index in [9.17, 15) is 13.2 Å². The molecule has 1 saturated heterocycles. The van der Waals surface area contributed by atoms with Crippen molar-refractivity contribution in [1.29, 1.82) is 0 Å². The van der Waals surface area contributed by atoms with Crippen LogP contribution in [-0.4, -0.2) is 63.3 Å². The van der Waals surface area contributed by atoms with Gasteiger partial charge in [0, 0.05) is 18.1 Å². The molecule has 0 spiro atoms. The second kappa shape index (κ2) is 7.14. The fourth-order valence-corrected chi connectivity index (χ4v) is 6.92. The van der Waals surface area contributed by atoms with Gasteiger partial charge in [0.2, 0.25) is 5.91 Å². The molecule has 1 aromatic rings. The Balaban J connectivity index is 1.46. The van der Waals surface area contributed by atoms with Gasteiger partial charge in [-0.2, -0.15) is 0 Å². The van der Waals surface area contributed by atoms with Gasteiger partial charge in [0.15, 0.2) is 15.0 Å². The molecule has 1 aliphatic heterocycles. The molecular weight excluding hydrogens is 372 g/mol. The minimum absolute atomic E-state index is 0.0481. The number of amides is 1. The van der Waals surface area contributed by atoms with E-state index < -0.39 is 9.84 Å². The van der Waals surface area contributed by atoms with Crippen molar-refractivity contribution in [3.8, 4) is 0 Å². The molecule has 144 valence electrons. The number of aromatic nitrogens is 3. The minimum atomic E-state index is -3.00. The van der Waals surface area contributed by atoms with E-state index in [0.29, 0.717) is 18.2 Å². The molecule has 2 aliphatic carbocycles. The molecule has 2 saturated carbocycles. The van der Waals surface area contributed by atoms with Crippen LogP contribution in [0.1, 0.15) is 56.8 Å². The Morgan fingerprint density at radius 2 is 1.88 bits per heavy atom. The molecule has 4 rings (SSSR count). The maximum absolute atomic E-state index is 13.1. The van der Waals surface area contributed by atoms with Crippen LogP contribution in [0.25, 0.3) is 0 Å². The number of carbonyl (C=O) groups excluding carboxylic acids is 1. The van der Waals surface area contributed by atoms with E-state index in [4.69, 9.17) is 0 Å². The van der Waals surface area contributed by atoms with Gasteiger partial charge in [-0.3, -0.25) is 4.79 Å². The van der Waals surface area contributed by atoms with Crippen LogP contribution in [-0.2, 0) is 14.6 Å². The SMILES string of the molecule is Cc1nnc(SCC(=O)N(C2CCCC2)[C@@H]2CCS(=O)(=O)C2)n1C1CC1. The zero-order chi connectivity index (χ0) is 18.3. The summed E-state index contributed by atoms with van der Waals surface area (Å²) in [4.78, 5) is 15.0. The molecule has 9 heteroatoms. The maximum atomic E-state index is 13.1. The third kappa shape index (κ3) is 3.78. The Morgan fingerprint density at radius 1 is 1.15 bits per heavy atom. The van der Waals surface area contributed by atoms with Crippen LogP contribution >= 0.6 is 11.8 Å². The summed E-state index contributed by atoms with van der Waals surface area (Å²) in [5.41, 5.74) is 0. The fraction of sp³-hybridized carbons (Fsp3) is 0.824. The van der Waals surface area contributed by atoms with Gasteiger partial charge >= 0.3 is 0 Å². The second-order valence-corrected chi connectivity index (χ2v) is 10.9. The summed E-state index contributed by atoms with van der Waals surface area (Å²) in [5, 5.41) is 9.21. The molecule has 0 radical (unpaired) electrons. The Hall–Kier alpha value is -1.09. The van der Waals surface area contributed by atoms with E-state index in [1.807, 2.05) is 11.8 Å². The van der Waals surface area contributed by atoms with Crippen LogP contribution in [0.3, 0.4) is 0 Å². The highest BCUT2D eigenvalue weighted by Crippen LogP contribution is 2.38. The summed E-state index contributed by atoms with van der Waals surface area (Å²) >= 11 is 1.44. The fourth-order valence-electron chi connectivity index (χ4n) is 4.28. The first-order valence-electron chi connectivity index (χ1n) is 9.50. The van der Waals surface area contributed by atoms with E-state index in [1.54, 1.807) is 0 Å². The molecule has 0 N–H and O–H groups in total. The smallest absolute Gasteiger partial charge is 0.233 e. The van der Waals surface area contributed by atoms with Crippen LogP contribution in [0.4, 0.5) is 0 Å². The molecule has 0 unspecified atom stereocenters. The third-order valence-corrected chi connectivity index (χ3v) is 8.36. The summed E-state index contributed by atoms with van der Waals surface area (Å²) in [5.74, 6) is 1.58. The first-order valence-corrected chi connectivity index (χ1v) is 12.3. The van der Waals surface area contributed by atoms with Gasteiger partial charge in [-0.1, -0.05) is 24.6 Å². The van der Waals surface area contributed by atoms with Crippen molar-refractivity contribution in [2.24, 2.45) is 0 Å². The van der Waals surface area contributed by atoms with Gasteiger partial charge in [0.25, 0.3) is 0 Å². The number of carbonyl (C=O) groups is 1. The molecule has 7 nitrogen and oxygen atoms in total. The lowest BCUT2D eigenvalue weighted by molar-refractivity contribution is -0.132. The predicted molar refractivity (Wildman–Crippen MR) is 99.9 cm³/mol. The Kier molecular flexibility index (Phi) is 5.02. The lowest BCUT2D eigenvalue weighted by atomic mass is 10.1. The van der Waals surface area contributed by atoms with Crippen molar-refractivity contribution >= 4 is 27.5 Å². The van der Waals surface area contributed by atoms with E-state index in [2.05, 4.69) is 14.8 Å². The van der Waals surface area contributed by atoms with Crippen LogP contribution in [0, 0.1) is 6.92 Å². The topological polar surface area (TPSA) is 85.2 Å².